The third kappa shape index (κ3) is 7.05. The molecule has 1 saturated heterocycles. The molecule has 1 unspecified atom stereocenters. The number of aromatic amines is 1. The van der Waals surface area contributed by atoms with Crippen LogP contribution in [0.4, 0.5) is 0 Å². The van der Waals surface area contributed by atoms with E-state index in [9.17, 15) is 9.59 Å². The Labute approximate surface area is 286 Å². The molecule has 1 N–H and O–H groups in total. The highest BCUT2D eigenvalue weighted by molar-refractivity contribution is 14.1. The van der Waals surface area contributed by atoms with Gasteiger partial charge < -0.3 is 23.7 Å². The second-order valence-electron chi connectivity index (χ2n) is 11.2. The van der Waals surface area contributed by atoms with Gasteiger partial charge in [-0.2, -0.15) is 0 Å². The van der Waals surface area contributed by atoms with Crippen LogP contribution < -0.4 is 20.7 Å². The van der Waals surface area contributed by atoms with Crippen molar-refractivity contribution in [3.8, 4) is 11.5 Å². The minimum Gasteiger partial charge on any atom is -0.497 e. The largest absolute Gasteiger partial charge is 0.497 e. The number of aromatic nitrogens is 2. The van der Waals surface area contributed by atoms with E-state index in [2.05, 4.69) is 33.6 Å². The van der Waals surface area contributed by atoms with Crippen LogP contribution in [-0.2, 0) is 26.4 Å². The number of halogens is 1. The lowest BCUT2D eigenvalue weighted by atomic mass is 9.80. The summed E-state index contributed by atoms with van der Waals surface area (Å²) in [5.41, 5.74) is 1.63. The number of nitrogens with one attached hydrogen (secondary N) is 1. The molecule has 0 spiro atoms. The van der Waals surface area contributed by atoms with Crippen LogP contribution in [0.15, 0.2) is 125 Å². The van der Waals surface area contributed by atoms with Crippen LogP contribution in [0.2, 0.25) is 0 Å². The second kappa shape index (κ2) is 14.7. The highest BCUT2D eigenvalue weighted by Crippen LogP contribution is 2.43. The SMILES string of the molecule is COc1ccc(C(OC[C@H]2O[C@@H](n3ccc(=O)[nH]c3=O)C[C@@H]2OCc2ccccc2)(c2ccccc2)c2ccc(OC)c(I)c2)cc1. The maximum absolute atomic E-state index is 12.8. The minimum absolute atomic E-state index is 0.123. The molecule has 1 aliphatic rings. The van der Waals surface area contributed by atoms with Gasteiger partial charge in [-0.1, -0.05) is 78.9 Å². The van der Waals surface area contributed by atoms with E-state index in [1.165, 1.54) is 16.8 Å². The van der Waals surface area contributed by atoms with Crippen LogP contribution in [-0.4, -0.2) is 42.6 Å². The van der Waals surface area contributed by atoms with Crippen LogP contribution in [0.25, 0.3) is 0 Å². The van der Waals surface area contributed by atoms with E-state index in [0.717, 1.165) is 37.3 Å². The van der Waals surface area contributed by atoms with Gasteiger partial charge in [0.1, 0.15) is 29.4 Å². The van der Waals surface area contributed by atoms with Crippen molar-refractivity contribution in [1.29, 1.82) is 0 Å². The molecule has 242 valence electrons. The quantitative estimate of drug-likeness (QED) is 0.123. The number of hydrogen-bond donors (Lipinski definition) is 1. The lowest BCUT2D eigenvalue weighted by molar-refractivity contribution is -0.106. The zero-order chi connectivity index (χ0) is 32.8. The van der Waals surface area contributed by atoms with Crippen molar-refractivity contribution < 1.29 is 23.7 Å². The molecule has 1 aliphatic heterocycles. The molecule has 0 radical (unpaired) electrons. The summed E-state index contributed by atoms with van der Waals surface area (Å²) >= 11 is 2.27. The smallest absolute Gasteiger partial charge is 0.330 e. The Bertz CT molecular complexity index is 1900. The van der Waals surface area contributed by atoms with E-state index in [1.807, 2.05) is 97.1 Å². The molecular weight excluding hydrogens is 711 g/mol. The fourth-order valence-electron chi connectivity index (χ4n) is 5.97. The van der Waals surface area contributed by atoms with Crippen molar-refractivity contribution >= 4 is 22.6 Å². The molecule has 47 heavy (non-hydrogen) atoms. The first kappa shape index (κ1) is 32.7. The second-order valence-corrected chi connectivity index (χ2v) is 12.3. The molecule has 10 heteroatoms. The molecular formula is C37H35IN2O7. The number of ether oxygens (including phenoxy) is 5. The third-order valence-corrected chi connectivity index (χ3v) is 9.19. The lowest BCUT2D eigenvalue weighted by Crippen LogP contribution is -2.38. The molecule has 4 atom stereocenters. The van der Waals surface area contributed by atoms with E-state index in [0.29, 0.717) is 13.0 Å². The van der Waals surface area contributed by atoms with Gasteiger partial charge in [-0.25, -0.2) is 4.79 Å². The Hall–Kier alpha value is -4.23. The Balaban J connectivity index is 1.41. The maximum Gasteiger partial charge on any atom is 0.330 e. The van der Waals surface area contributed by atoms with Gasteiger partial charge in [-0.15, -0.1) is 0 Å². The Morgan fingerprint density at radius 3 is 2.19 bits per heavy atom. The van der Waals surface area contributed by atoms with Crippen molar-refractivity contribution in [2.24, 2.45) is 0 Å². The van der Waals surface area contributed by atoms with Gasteiger partial charge >= 0.3 is 5.69 Å². The molecule has 0 bridgehead atoms. The van der Waals surface area contributed by atoms with Crippen molar-refractivity contribution in [2.75, 3.05) is 20.8 Å². The fraction of sp³-hybridized carbons (Fsp3) is 0.243. The first-order valence-electron chi connectivity index (χ1n) is 15.2. The molecule has 1 aromatic heterocycles. The lowest BCUT2D eigenvalue weighted by Gasteiger charge is -2.37. The Morgan fingerprint density at radius 2 is 1.53 bits per heavy atom. The molecule has 2 heterocycles. The summed E-state index contributed by atoms with van der Waals surface area (Å²) in [7, 11) is 3.29. The number of H-pyrrole nitrogens is 1. The molecule has 5 aromatic rings. The van der Waals surface area contributed by atoms with Crippen molar-refractivity contribution in [3.63, 3.8) is 0 Å². The fourth-order valence-corrected chi connectivity index (χ4v) is 6.70. The number of rotatable bonds is 12. The monoisotopic (exact) mass is 746 g/mol. The predicted octanol–water partition coefficient (Wildman–Crippen LogP) is 6.04. The van der Waals surface area contributed by atoms with Crippen molar-refractivity contribution in [2.45, 2.75) is 37.1 Å². The molecule has 4 aromatic carbocycles. The summed E-state index contributed by atoms with van der Waals surface area (Å²) in [6.07, 6.45) is 0.200. The van der Waals surface area contributed by atoms with Gasteiger partial charge in [0.2, 0.25) is 0 Å². The average molecular weight is 747 g/mol. The number of nitrogens with zero attached hydrogens (tertiary/aromatic N) is 1. The van der Waals surface area contributed by atoms with E-state index < -0.39 is 35.3 Å². The van der Waals surface area contributed by atoms with Gasteiger partial charge in [-0.05, 0) is 69.1 Å². The van der Waals surface area contributed by atoms with Crippen LogP contribution >= 0.6 is 22.6 Å². The first-order chi connectivity index (χ1) is 22.9. The van der Waals surface area contributed by atoms with Gasteiger partial charge in [0.25, 0.3) is 5.56 Å². The van der Waals surface area contributed by atoms with Gasteiger partial charge in [0.05, 0.1) is 37.1 Å². The van der Waals surface area contributed by atoms with Gasteiger partial charge in [0, 0.05) is 18.7 Å². The zero-order valence-corrected chi connectivity index (χ0v) is 28.2. The summed E-state index contributed by atoms with van der Waals surface area (Å²) in [6, 6.07) is 35.1. The molecule has 9 nitrogen and oxygen atoms in total. The summed E-state index contributed by atoms with van der Waals surface area (Å²) < 4.78 is 33.5. The number of methoxy groups -OCH3 is 2. The molecule has 0 amide bonds. The maximum atomic E-state index is 12.8. The Morgan fingerprint density at radius 1 is 0.851 bits per heavy atom. The summed E-state index contributed by atoms with van der Waals surface area (Å²) in [6.45, 7) is 0.481. The van der Waals surface area contributed by atoms with E-state index in [1.54, 1.807) is 14.2 Å². The van der Waals surface area contributed by atoms with Crippen molar-refractivity contribution in [1.82, 2.24) is 9.55 Å². The van der Waals surface area contributed by atoms with E-state index >= 15 is 0 Å². The molecule has 0 aliphatic carbocycles. The van der Waals surface area contributed by atoms with Crippen LogP contribution in [0.1, 0.15) is 34.9 Å². The predicted molar refractivity (Wildman–Crippen MR) is 186 cm³/mol. The third-order valence-electron chi connectivity index (χ3n) is 8.35. The first-order valence-corrected chi connectivity index (χ1v) is 16.3. The molecule has 0 saturated carbocycles. The highest BCUT2D eigenvalue weighted by Gasteiger charge is 2.43. The number of benzene rings is 4. The van der Waals surface area contributed by atoms with Crippen molar-refractivity contribution in [3.05, 3.63) is 162 Å². The highest BCUT2D eigenvalue weighted by atomic mass is 127. The summed E-state index contributed by atoms with van der Waals surface area (Å²) in [5.74, 6) is 1.48. The van der Waals surface area contributed by atoms with Crippen LogP contribution in [0, 0.1) is 3.57 Å². The van der Waals surface area contributed by atoms with E-state index in [4.69, 9.17) is 23.7 Å². The summed E-state index contributed by atoms with van der Waals surface area (Å²) in [4.78, 5) is 26.9. The summed E-state index contributed by atoms with van der Waals surface area (Å²) in [5, 5.41) is 0. The normalized spacial score (nSPS) is 18.8. The minimum atomic E-state index is -1.07. The van der Waals surface area contributed by atoms with Gasteiger partial charge in [0.15, 0.2) is 0 Å². The van der Waals surface area contributed by atoms with Crippen LogP contribution in [0.5, 0.6) is 11.5 Å². The average Bonchev–Trinajstić information content (AvgIpc) is 3.51. The zero-order valence-electron chi connectivity index (χ0n) is 26.0. The van der Waals surface area contributed by atoms with Crippen LogP contribution in [0.3, 0.4) is 0 Å². The molecule has 6 rings (SSSR count). The number of hydrogen-bond acceptors (Lipinski definition) is 7. The standard InChI is InChI=1S/C37H35IN2O7/c1-43-29-16-13-27(14-17-29)37(26-11-7-4-8-12-26,28-15-18-31(44-2)30(38)21-28)46-24-33-32(45-23-25-9-5-3-6-10-25)22-35(47-33)40-20-19-34(41)39-36(40)42/h3-21,32-33,35H,22-24H2,1-2H3,(H,39,41,42)/t32-,33+,35+,37?/m0/s1. The van der Waals surface area contributed by atoms with E-state index in [-0.39, 0.29) is 6.61 Å². The molecule has 1 fully saturated rings. The topological polar surface area (TPSA) is 101 Å². The Kier molecular flexibility index (Phi) is 10.2. The van der Waals surface area contributed by atoms with Gasteiger partial charge in [-0.3, -0.25) is 14.3 Å².